The molecule has 0 bridgehead atoms. The van der Waals surface area contributed by atoms with Crippen molar-refractivity contribution in [1.29, 1.82) is 0 Å². The molecular weight excluding hydrogens is 282 g/mol. The van der Waals surface area contributed by atoms with Crippen LogP contribution < -0.4 is 5.73 Å². The van der Waals surface area contributed by atoms with E-state index in [0.29, 0.717) is 18.2 Å². The van der Waals surface area contributed by atoms with Gasteiger partial charge in [0, 0.05) is 29.8 Å². The van der Waals surface area contributed by atoms with Gasteiger partial charge in [0.2, 0.25) is 0 Å². The number of carbonyl (C=O) groups excluding carboxylic acids is 1. The first-order chi connectivity index (χ1) is 8.06. The van der Waals surface area contributed by atoms with Crippen molar-refractivity contribution in [2.45, 2.75) is 19.4 Å². The van der Waals surface area contributed by atoms with Crippen LogP contribution in [0.3, 0.4) is 0 Å². The number of carbonyl (C=O) groups is 1. The van der Waals surface area contributed by atoms with Crippen LogP contribution >= 0.6 is 15.9 Å². The van der Waals surface area contributed by atoms with Crippen LogP contribution in [0.2, 0.25) is 0 Å². The van der Waals surface area contributed by atoms with Gasteiger partial charge in [-0.3, -0.25) is 4.79 Å². The molecule has 17 heavy (non-hydrogen) atoms. The molecule has 1 aliphatic heterocycles. The summed E-state index contributed by atoms with van der Waals surface area (Å²) in [5.41, 5.74) is 6.41. The van der Waals surface area contributed by atoms with E-state index >= 15 is 0 Å². The number of rotatable bonds is 1. The van der Waals surface area contributed by atoms with E-state index in [2.05, 4.69) is 27.8 Å². The minimum atomic E-state index is -0.0282. The zero-order valence-electron chi connectivity index (χ0n) is 9.77. The average molecular weight is 298 g/mol. The maximum absolute atomic E-state index is 12.2. The number of aromatic nitrogens is 1. The molecule has 5 heteroatoms. The van der Waals surface area contributed by atoms with E-state index in [-0.39, 0.29) is 11.9 Å². The quantitative estimate of drug-likeness (QED) is 0.857. The number of halogens is 1. The standard InChI is InChI=1S/C12H16BrN3O/c1-8-4-10(14)7-16(6-8)12(17)11-3-2-9(13)5-15-11/h2-3,5,8,10H,4,6-7,14H2,1H3. The fraction of sp³-hybridized carbons (Fsp3) is 0.500. The SMILES string of the molecule is CC1CC(N)CN(C(=O)c2ccc(Br)cn2)C1. The van der Waals surface area contributed by atoms with Gasteiger partial charge in [-0.2, -0.15) is 0 Å². The van der Waals surface area contributed by atoms with Gasteiger partial charge < -0.3 is 10.6 Å². The van der Waals surface area contributed by atoms with Crippen molar-refractivity contribution in [2.24, 2.45) is 11.7 Å². The predicted octanol–water partition coefficient (Wildman–Crippen LogP) is 1.65. The fourth-order valence-corrected chi connectivity index (χ4v) is 2.46. The second kappa shape index (κ2) is 5.14. The molecule has 1 aromatic rings. The van der Waals surface area contributed by atoms with Crippen LogP contribution in [0.4, 0.5) is 0 Å². The van der Waals surface area contributed by atoms with Gasteiger partial charge >= 0.3 is 0 Å². The number of likely N-dealkylation sites (tertiary alicyclic amines) is 1. The molecule has 0 aliphatic carbocycles. The molecule has 0 saturated carbocycles. The van der Waals surface area contributed by atoms with E-state index < -0.39 is 0 Å². The maximum atomic E-state index is 12.2. The third-order valence-corrected chi connectivity index (χ3v) is 3.39. The molecule has 2 atom stereocenters. The molecule has 1 aliphatic rings. The van der Waals surface area contributed by atoms with Gasteiger partial charge in [0.1, 0.15) is 5.69 Å². The summed E-state index contributed by atoms with van der Waals surface area (Å²) in [7, 11) is 0. The predicted molar refractivity (Wildman–Crippen MR) is 69.6 cm³/mol. The zero-order chi connectivity index (χ0) is 12.4. The molecule has 2 unspecified atom stereocenters. The Balaban J connectivity index is 2.11. The Morgan fingerprint density at radius 3 is 2.88 bits per heavy atom. The van der Waals surface area contributed by atoms with Gasteiger partial charge in [0.05, 0.1) is 0 Å². The van der Waals surface area contributed by atoms with E-state index in [4.69, 9.17) is 5.73 Å². The van der Waals surface area contributed by atoms with E-state index in [1.165, 1.54) is 0 Å². The molecule has 1 saturated heterocycles. The average Bonchev–Trinajstić information content (AvgIpc) is 2.28. The Hall–Kier alpha value is -0.940. The van der Waals surface area contributed by atoms with E-state index in [9.17, 15) is 4.79 Å². The van der Waals surface area contributed by atoms with E-state index in [1.807, 2.05) is 6.07 Å². The van der Waals surface area contributed by atoms with Crippen LogP contribution in [0.1, 0.15) is 23.8 Å². The van der Waals surface area contributed by atoms with Crippen molar-refractivity contribution in [2.75, 3.05) is 13.1 Å². The second-order valence-electron chi connectivity index (χ2n) is 4.67. The molecule has 4 nitrogen and oxygen atoms in total. The molecule has 0 radical (unpaired) electrons. The van der Waals surface area contributed by atoms with Gasteiger partial charge in [-0.1, -0.05) is 6.92 Å². The number of nitrogens with two attached hydrogens (primary N) is 1. The lowest BCUT2D eigenvalue weighted by molar-refractivity contribution is 0.0655. The van der Waals surface area contributed by atoms with Crippen molar-refractivity contribution < 1.29 is 4.79 Å². The summed E-state index contributed by atoms with van der Waals surface area (Å²) in [5.74, 6) is 0.428. The lowest BCUT2D eigenvalue weighted by Gasteiger charge is -2.34. The number of hydrogen-bond donors (Lipinski definition) is 1. The Bertz CT molecular complexity index is 397. The Morgan fingerprint density at radius 1 is 1.53 bits per heavy atom. The minimum Gasteiger partial charge on any atom is -0.335 e. The van der Waals surface area contributed by atoms with Crippen molar-refractivity contribution in [3.8, 4) is 0 Å². The summed E-state index contributed by atoms with van der Waals surface area (Å²) in [6.45, 7) is 3.51. The molecule has 1 amide bonds. The molecule has 2 rings (SSSR count). The zero-order valence-corrected chi connectivity index (χ0v) is 11.4. The first-order valence-electron chi connectivity index (χ1n) is 5.72. The maximum Gasteiger partial charge on any atom is 0.272 e. The van der Waals surface area contributed by atoms with Crippen molar-refractivity contribution in [1.82, 2.24) is 9.88 Å². The highest BCUT2D eigenvalue weighted by atomic mass is 79.9. The summed E-state index contributed by atoms with van der Waals surface area (Å²) in [5, 5.41) is 0. The van der Waals surface area contributed by atoms with E-state index in [1.54, 1.807) is 17.2 Å². The van der Waals surface area contributed by atoms with E-state index in [0.717, 1.165) is 17.4 Å². The van der Waals surface area contributed by atoms with Crippen molar-refractivity contribution in [3.05, 3.63) is 28.5 Å². The van der Waals surface area contributed by atoms with Crippen LogP contribution in [-0.2, 0) is 0 Å². The largest absolute Gasteiger partial charge is 0.335 e. The van der Waals surface area contributed by atoms with Gasteiger partial charge in [0.15, 0.2) is 0 Å². The molecule has 1 fully saturated rings. The number of nitrogens with zero attached hydrogens (tertiary/aromatic N) is 2. The van der Waals surface area contributed by atoms with Crippen LogP contribution in [0.5, 0.6) is 0 Å². The van der Waals surface area contributed by atoms with Crippen LogP contribution in [-0.4, -0.2) is 34.9 Å². The molecule has 0 aromatic carbocycles. The highest BCUT2D eigenvalue weighted by Crippen LogP contribution is 2.17. The molecule has 0 spiro atoms. The Labute approximate surface area is 109 Å². The monoisotopic (exact) mass is 297 g/mol. The second-order valence-corrected chi connectivity index (χ2v) is 5.59. The van der Waals surface area contributed by atoms with Crippen molar-refractivity contribution >= 4 is 21.8 Å². The summed E-state index contributed by atoms with van der Waals surface area (Å²) >= 11 is 3.30. The molecular formula is C12H16BrN3O. The lowest BCUT2D eigenvalue weighted by atomic mass is 9.96. The summed E-state index contributed by atoms with van der Waals surface area (Å²) < 4.78 is 0.873. The topological polar surface area (TPSA) is 59.2 Å². The number of hydrogen-bond acceptors (Lipinski definition) is 3. The van der Waals surface area contributed by atoms with Crippen LogP contribution in [0.25, 0.3) is 0 Å². The number of piperidine rings is 1. The third-order valence-electron chi connectivity index (χ3n) is 2.93. The summed E-state index contributed by atoms with van der Waals surface area (Å²) in [4.78, 5) is 18.1. The first-order valence-corrected chi connectivity index (χ1v) is 6.52. The molecule has 92 valence electrons. The molecule has 2 N–H and O–H groups in total. The van der Waals surface area contributed by atoms with Crippen molar-refractivity contribution in [3.63, 3.8) is 0 Å². The molecule has 2 heterocycles. The first kappa shape index (κ1) is 12.5. The van der Waals surface area contributed by atoms with Gasteiger partial charge in [-0.05, 0) is 40.4 Å². The smallest absolute Gasteiger partial charge is 0.272 e. The summed E-state index contributed by atoms with van der Waals surface area (Å²) in [6, 6.07) is 3.64. The van der Waals surface area contributed by atoms with Gasteiger partial charge in [-0.25, -0.2) is 4.98 Å². The Kier molecular flexibility index (Phi) is 3.79. The lowest BCUT2D eigenvalue weighted by Crippen LogP contribution is -2.49. The third kappa shape index (κ3) is 3.04. The minimum absolute atomic E-state index is 0.0282. The number of pyridine rings is 1. The molecule has 1 aromatic heterocycles. The summed E-state index contributed by atoms with van der Waals surface area (Å²) in [6.07, 6.45) is 2.62. The van der Waals surface area contributed by atoms with Gasteiger partial charge in [-0.15, -0.1) is 0 Å². The highest BCUT2D eigenvalue weighted by molar-refractivity contribution is 9.10. The fourth-order valence-electron chi connectivity index (χ4n) is 2.23. The normalized spacial score (nSPS) is 24.8. The van der Waals surface area contributed by atoms with Crippen LogP contribution in [0.15, 0.2) is 22.8 Å². The van der Waals surface area contributed by atoms with Crippen LogP contribution in [0, 0.1) is 5.92 Å². The number of amides is 1. The highest BCUT2D eigenvalue weighted by Gasteiger charge is 2.26. The Morgan fingerprint density at radius 2 is 2.29 bits per heavy atom. The van der Waals surface area contributed by atoms with Gasteiger partial charge in [0.25, 0.3) is 5.91 Å².